The Labute approximate surface area is 130 Å². The molecule has 1 heterocycles. The van der Waals surface area contributed by atoms with Crippen molar-refractivity contribution in [2.24, 2.45) is 5.73 Å². The molecule has 21 heavy (non-hydrogen) atoms. The van der Waals surface area contributed by atoms with Gasteiger partial charge >= 0.3 is 0 Å². The molecular weight excluding hydrogens is 311 g/mol. The Morgan fingerprint density at radius 2 is 2.14 bits per heavy atom. The molecule has 0 aromatic heterocycles. The second-order valence-corrected chi connectivity index (χ2v) is 7.61. The molecule has 0 bridgehead atoms. The van der Waals surface area contributed by atoms with Crippen molar-refractivity contribution in [3.8, 4) is 0 Å². The van der Waals surface area contributed by atoms with Gasteiger partial charge in [-0.25, -0.2) is 12.8 Å². The van der Waals surface area contributed by atoms with E-state index in [1.807, 2.05) is 13.8 Å². The highest BCUT2D eigenvalue weighted by Gasteiger charge is 2.39. The summed E-state index contributed by atoms with van der Waals surface area (Å²) >= 11 is 4.77. The van der Waals surface area contributed by atoms with Crippen molar-refractivity contribution in [1.82, 2.24) is 4.31 Å². The largest absolute Gasteiger partial charge is 0.389 e. The number of benzene rings is 1. The number of halogens is 1. The summed E-state index contributed by atoms with van der Waals surface area (Å²) in [6.45, 7) is 3.86. The van der Waals surface area contributed by atoms with E-state index in [9.17, 15) is 12.8 Å². The molecule has 0 amide bonds. The molecule has 1 fully saturated rings. The summed E-state index contributed by atoms with van der Waals surface area (Å²) in [5, 5.41) is 0. The maximum absolute atomic E-state index is 13.6. The number of hydrogen-bond donors (Lipinski definition) is 1. The maximum Gasteiger partial charge on any atom is 0.243 e. The van der Waals surface area contributed by atoms with Gasteiger partial charge in [0.15, 0.2) is 0 Å². The van der Waals surface area contributed by atoms with Crippen LogP contribution in [0.15, 0.2) is 23.1 Å². The van der Waals surface area contributed by atoms with E-state index in [1.54, 1.807) is 0 Å². The molecule has 7 heteroatoms. The lowest BCUT2D eigenvalue weighted by atomic mass is 10.2. The average Bonchev–Trinajstić information content (AvgIpc) is 2.80. The fourth-order valence-electron chi connectivity index (χ4n) is 2.84. The lowest BCUT2D eigenvalue weighted by Crippen LogP contribution is -2.39. The van der Waals surface area contributed by atoms with Crippen LogP contribution in [0.4, 0.5) is 4.39 Å². The summed E-state index contributed by atoms with van der Waals surface area (Å²) in [5.74, 6) is -0.608. The number of hydrogen-bond acceptors (Lipinski definition) is 3. The zero-order chi connectivity index (χ0) is 15.8. The molecule has 116 valence electrons. The predicted octanol–water partition coefficient (Wildman–Crippen LogP) is 2.41. The Morgan fingerprint density at radius 1 is 1.48 bits per heavy atom. The maximum atomic E-state index is 13.6. The normalized spacial score (nSPS) is 23.4. The van der Waals surface area contributed by atoms with E-state index < -0.39 is 15.8 Å². The molecule has 0 spiro atoms. The van der Waals surface area contributed by atoms with Crippen LogP contribution in [-0.2, 0) is 10.0 Å². The van der Waals surface area contributed by atoms with E-state index in [-0.39, 0.29) is 27.5 Å². The van der Waals surface area contributed by atoms with E-state index in [1.165, 1.54) is 16.4 Å². The molecule has 2 unspecified atom stereocenters. The van der Waals surface area contributed by atoms with Gasteiger partial charge in [0.25, 0.3) is 0 Å². The van der Waals surface area contributed by atoms with Crippen molar-refractivity contribution in [1.29, 1.82) is 0 Å². The van der Waals surface area contributed by atoms with Crippen LogP contribution < -0.4 is 5.73 Å². The zero-order valence-corrected chi connectivity index (χ0v) is 13.7. The first-order valence-electron chi connectivity index (χ1n) is 6.92. The summed E-state index contributed by atoms with van der Waals surface area (Å²) in [5.41, 5.74) is 5.41. The van der Waals surface area contributed by atoms with Crippen LogP contribution >= 0.6 is 12.2 Å². The molecule has 2 rings (SSSR count). The summed E-state index contributed by atoms with van der Waals surface area (Å²) in [6.07, 6.45) is 2.44. The third-order valence-electron chi connectivity index (χ3n) is 3.96. The number of thiocarbonyl (C=S) groups is 1. The SMILES string of the molecule is CCC1CCC(C)N1S(=O)(=O)c1ccc(F)c(C(N)=S)c1. The van der Waals surface area contributed by atoms with Crippen LogP contribution in [0, 0.1) is 5.82 Å². The summed E-state index contributed by atoms with van der Waals surface area (Å²) in [7, 11) is -3.67. The van der Waals surface area contributed by atoms with Gasteiger partial charge in [-0.2, -0.15) is 4.31 Å². The fourth-order valence-corrected chi connectivity index (χ4v) is 4.97. The Kier molecular flexibility index (Phi) is 4.65. The van der Waals surface area contributed by atoms with Gasteiger partial charge in [0.1, 0.15) is 10.8 Å². The van der Waals surface area contributed by atoms with E-state index in [0.717, 1.165) is 25.3 Å². The van der Waals surface area contributed by atoms with Crippen molar-refractivity contribution in [2.45, 2.75) is 50.1 Å². The average molecular weight is 330 g/mol. The molecule has 1 aliphatic heterocycles. The van der Waals surface area contributed by atoms with E-state index in [4.69, 9.17) is 18.0 Å². The second kappa shape index (κ2) is 5.98. The first kappa shape index (κ1) is 16.3. The lowest BCUT2D eigenvalue weighted by Gasteiger charge is -2.27. The number of rotatable bonds is 4. The van der Waals surface area contributed by atoms with Gasteiger partial charge in [-0.05, 0) is 44.4 Å². The highest BCUT2D eigenvalue weighted by molar-refractivity contribution is 7.89. The Morgan fingerprint density at radius 3 is 2.71 bits per heavy atom. The minimum absolute atomic E-state index is 0.0108. The molecule has 0 saturated carbocycles. The molecule has 2 N–H and O–H groups in total. The minimum Gasteiger partial charge on any atom is -0.389 e. The smallest absolute Gasteiger partial charge is 0.243 e. The zero-order valence-electron chi connectivity index (χ0n) is 12.0. The first-order chi connectivity index (χ1) is 9.78. The van der Waals surface area contributed by atoms with E-state index in [2.05, 4.69) is 0 Å². The number of sulfonamides is 1. The first-order valence-corrected chi connectivity index (χ1v) is 8.76. The lowest BCUT2D eigenvalue weighted by molar-refractivity contribution is 0.328. The number of nitrogens with zero attached hydrogens (tertiary/aromatic N) is 1. The van der Waals surface area contributed by atoms with Gasteiger partial charge in [0.05, 0.1) is 4.90 Å². The summed E-state index contributed by atoms with van der Waals surface area (Å²) in [4.78, 5) is -0.107. The molecule has 1 aromatic carbocycles. The van der Waals surface area contributed by atoms with Crippen LogP contribution in [0.1, 0.15) is 38.7 Å². The molecule has 4 nitrogen and oxygen atoms in total. The monoisotopic (exact) mass is 330 g/mol. The van der Waals surface area contributed by atoms with Crippen LogP contribution in [-0.4, -0.2) is 29.8 Å². The molecule has 1 aliphatic rings. The van der Waals surface area contributed by atoms with Crippen LogP contribution in [0.2, 0.25) is 0 Å². The summed E-state index contributed by atoms with van der Waals surface area (Å²) < 4.78 is 40.8. The molecule has 1 saturated heterocycles. The topological polar surface area (TPSA) is 63.4 Å². The Bertz CT molecular complexity index is 661. The molecule has 1 aromatic rings. The van der Waals surface area contributed by atoms with Crippen molar-refractivity contribution < 1.29 is 12.8 Å². The van der Waals surface area contributed by atoms with Gasteiger partial charge in [-0.15, -0.1) is 0 Å². The van der Waals surface area contributed by atoms with Crippen LogP contribution in [0.5, 0.6) is 0 Å². The highest BCUT2D eigenvalue weighted by atomic mass is 32.2. The molecule has 0 aliphatic carbocycles. The quantitative estimate of drug-likeness (QED) is 0.861. The Hall–Kier alpha value is -1.05. The van der Waals surface area contributed by atoms with Gasteiger partial charge in [-0.3, -0.25) is 0 Å². The third kappa shape index (κ3) is 2.95. The second-order valence-electron chi connectivity index (χ2n) is 5.33. The fraction of sp³-hybridized carbons (Fsp3) is 0.500. The standard InChI is InChI=1S/C14H19FN2O2S2/c1-3-10-5-4-9(2)17(10)21(18,19)11-6-7-13(15)12(8-11)14(16)20/h6-10H,3-5H2,1-2H3,(H2,16,20). The molecule has 0 radical (unpaired) electrons. The van der Waals surface area contributed by atoms with E-state index >= 15 is 0 Å². The van der Waals surface area contributed by atoms with Crippen molar-refractivity contribution in [3.05, 3.63) is 29.6 Å². The van der Waals surface area contributed by atoms with Gasteiger partial charge in [0, 0.05) is 17.6 Å². The van der Waals surface area contributed by atoms with Gasteiger partial charge in [-0.1, -0.05) is 19.1 Å². The van der Waals surface area contributed by atoms with Crippen LogP contribution in [0.3, 0.4) is 0 Å². The van der Waals surface area contributed by atoms with Crippen molar-refractivity contribution in [2.75, 3.05) is 0 Å². The van der Waals surface area contributed by atoms with Crippen molar-refractivity contribution >= 4 is 27.2 Å². The molecular formula is C14H19FN2O2S2. The Balaban J connectivity index is 2.49. The van der Waals surface area contributed by atoms with E-state index in [0.29, 0.717) is 0 Å². The van der Waals surface area contributed by atoms with Gasteiger partial charge in [0.2, 0.25) is 10.0 Å². The minimum atomic E-state index is -3.67. The predicted molar refractivity (Wildman–Crippen MR) is 84.1 cm³/mol. The highest BCUT2D eigenvalue weighted by Crippen LogP contribution is 2.32. The third-order valence-corrected chi connectivity index (χ3v) is 6.24. The van der Waals surface area contributed by atoms with Gasteiger partial charge < -0.3 is 5.73 Å². The van der Waals surface area contributed by atoms with Crippen molar-refractivity contribution in [3.63, 3.8) is 0 Å². The molecule has 2 atom stereocenters. The van der Waals surface area contributed by atoms with Crippen LogP contribution in [0.25, 0.3) is 0 Å². The summed E-state index contributed by atoms with van der Waals surface area (Å²) in [6, 6.07) is 3.53. The number of nitrogens with two attached hydrogens (primary N) is 1.